The number of nitrogens with zero attached hydrogens (tertiary/aromatic N) is 1. The van der Waals surface area contributed by atoms with Crippen LogP contribution in [0.5, 0.6) is 5.75 Å². The quantitative estimate of drug-likeness (QED) is 0.930. The highest BCUT2D eigenvalue weighted by Gasteiger charge is 2.18. The van der Waals surface area contributed by atoms with E-state index in [0.29, 0.717) is 5.56 Å². The Kier molecular flexibility index (Phi) is 3.84. The number of aryl methyl sites for hydroxylation is 1. The molecule has 0 saturated heterocycles. The molecule has 0 aliphatic rings. The summed E-state index contributed by atoms with van der Waals surface area (Å²) in [5.41, 5.74) is 4.02. The second-order valence-electron chi connectivity index (χ2n) is 4.78. The van der Waals surface area contributed by atoms with Crippen molar-refractivity contribution >= 4 is 5.97 Å². The number of hydrogen-bond acceptors (Lipinski definition) is 2. The van der Waals surface area contributed by atoms with Gasteiger partial charge in [0.15, 0.2) is 0 Å². The number of carboxylic acid groups (broad SMARTS) is 1. The van der Waals surface area contributed by atoms with Crippen LogP contribution < -0.4 is 4.74 Å². The summed E-state index contributed by atoms with van der Waals surface area (Å²) in [6, 6.07) is 7.71. The lowest BCUT2D eigenvalue weighted by Crippen LogP contribution is -2.00. The van der Waals surface area contributed by atoms with Gasteiger partial charge in [-0.05, 0) is 37.1 Å². The number of carbonyl (C=O) groups is 1. The molecule has 4 nitrogen and oxygen atoms in total. The summed E-state index contributed by atoms with van der Waals surface area (Å²) in [6.45, 7) is 3.90. The SMILES string of the molecule is CCc1ccc(OC)c(-c2cc(C(=O)O)c(C)n2C)c1. The summed E-state index contributed by atoms with van der Waals surface area (Å²) in [7, 11) is 3.49. The molecular formula is C16H19NO3. The first-order chi connectivity index (χ1) is 9.49. The van der Waals surface area contributed by atoms with Crippen molar-refractivity contribution in [3.8, 4) is 17.0 Å². The van der Waals surface area contributed by atoms with Crippen molar-refractivity contribution in [2.24, 2.45) is 7.05 Å². The van der Waals surface area contributed by atoms with Crippen molar-refractivity contribution in [3.63, 3.8) is 0 Å². The fourth-order valence-corrected chi connectivity index (χ4v) is 2.35. The predicted octanol–water partition coefficient (Wildman–Crippen LogP) is 3.27. The minimum absolute atomic E-state index is 0.325. The molecule has 1 N–H and O–H groups in total. The lowest BCUT2D eigenvalue weighted by Gasteiger charge is -2.12. The third-order valence-corrected chi connectivity index (χ3v) is 3.71. The van der Waals surface area contributed by atoms with Gasteiger partial charge in [-0.15, -0.1) is 0 Å². The maximum absolute atomic E-state index is 11.3. The van der Waals surface area contributed by atoms with Gasteiger partial charge in [-0.1, -0.05) is 13.0 Å². The zero-order valence-corrected chi connectivity index (χ0v) is 12.2. The highest BCUT2D eigenvalue weighted by Crippen LogP contribution is 2.33. The average molecular weight is 273 g/mol. The third kappa shape index (κ3) is 2.29. The number of benzene rings is 1. The lowest BCUT2D eigenvalue weighted by molar-refractivity contribution is 0.0696. The van der Waals surface area contributed by atoms with Gasteiger partial charge >= 0.3 is 5.97 Å². The summed E-state index contributed by atoms with van der Waals surface area (Å²) in [6.07, 6.45) is 0.923. The fraction of sp³-hybridized carbons (Fsp3) is 0.312. The number of aromatic nitrogens is 1. The molecule has 1 aromatic carbocycles. The van der Waals surface area contributed by atoms with Crippen LogP contribution >= 0.6 is 0 Å². The molecule has 0 atom stereocenters. The summed E-state index contributed by atoms with van der Waals surface area (Å²) in [4.78, 5) is 11.3. The molecule has 2 rings (SSSR count). The van der Waals surface area contributed by atoms with Crippen LogP contribution in [0.1, 0.15) is 28.5 Å². The summed E-state index contributed by atoms with van der Waals surface area (Å²) in [5, 5.41) is 9.23. The van der Waals surface area contributed by atoms with Gasteiger partial charge in [0, 0.05) is 18.3 Å². The Hall–Kier alpha value is -2.23. The van der Waals surface area contributed by atoms with Gasteiger partial charge in [-0.2, -0.15) is 0 Å². The molecule has 0 spiro atoms. The Bertz CT molecular complexity index is 656. The van der Waals surface area contributed by atoms with Gasteiger partial charge < -0.3 is 14.4 Å². The molecular weight excluding hydrogens is 254 g/mol. The predicted molar refractivity (Wildman–Crippen MR) is 78.5 cm³/mol. The van der Waals surface area contributed by atoms with E-state index in [0.717, 1.165) is 29.1 Å². The van der Waals surface area contributed by atoms with Crippen molar-refractivity contribution < 1.29 is 14.6 Å². The smallest absolute Gasteiger partial charge is 0.337 e. The van der Waals surface area contributed by atoms with E-state index < -0.39 is 5.97 Å². The highest BCUT2D eigenvalue weighted by molar-refractivity contribution is 5.91. The number of methoxy groups -OCH3 is 1. The molecule has 0 aliphatic carbocycles. The van der Waals surface area contributed by atoms with E-state index in [1.165, 1.54) is 5.56 Å². The standard InChI is InChI=1S/C16H19NO3/c1-5-11-6-7-15(20-4)13(8-11)14-9-12(16(18)19)10(2)17(14)3/h6-9H,5H2,1-4H3,(H,18,19). The topological polar surface area (TPSA) is 51.5 Å². The van der Waals surface area contributed by atoms with E-state index >= 15 is 0 Å². The molecule has 0 unspecified atom stereocenters. The van der Waals surface area contributed by atoms with Gasteiger partial charge in [0.1, 0.15) is 5.75 Å². The highest BCUT2D eigenvalue weighted by atomic mass is 16.5. The van der Waals surface area contributed by atoms with Gasteiger partial charge in [0.05, 0.1) is 18.4 Å². The Balaban J connectivity index is 2.67. The number of rotatable bonds is 4. The lowest BCUT2D eigenvalue weighted by atomic mass is 10.0. The van der Waals surface area contributed by atoms with Crippen molar-refractivity contribution in [3.05, 3.63) is 41.1 Å². The van der Waals surface area contributed by atoms with E-state index in [1.54, 1.807) is 13.2 Å². The van der Waals surface area contributed by atoms with Gasteiger partial charge in [-0.25, -0.2) is 4.79 Å². The van der Waals surface area contributed by atoms with Crippen LogP contribution in [0.2, 0.25) is 0 Å². The van der Waals surface area contributed by atoms with Crippen LogP contribution in [0, 0.1) is 6.92 Å². The van der Waals surface area contributed by atoms with Crippen molar-refractivity contribution in [1.82, 2.24) is 4.57 Å². The molecule has 0 bridgehead atoms. The average Bonchev–Trinajstić information content (AvgIpc) is 2.74. The number of aromatic carboxylic acids is 1. The largest absolute Gasteiger partial charge is 0.496 e. The van der Waals surface area contributed by atoms with Gasteiger partial charge in [0.2, 0.25) is 0 Å². The maximum Gasteiger partial charge on any atom is 0.337 e. The first kappa shape index (κ1) is 14.2. The van der Waals surface area contributed by atoms with E-state index in [2.05, 4.69) is 13.0 Å². The normalized spacial score (nSPS) is 10.6. The molecule has 1 heterocycles. The molecule has 0 radical (unpaired) electrons. The molecule has 0 saturated carbocycles. The minimum atomic E-state index is -0.907. The van der Waals surface area contributed by atoms with E-state index in [-0.39, 0.29) is 0 Å². The summed E-state index contributed by atoms with van der Waals surface area (Å²) >= 11 is 0. The summed E-state index contributed by atoms with van der Waals surface area (Å²) in [5.74, 6) is -0.158. The molecule has 2 aromatic rings. The maximum atomic E-state index is 11.3. The van der Waals surface area contributed by atoms with Crippen LogP contribution in [-0.2, 0) is 13.5 Å². The second-order valence-corrected chi connectivity index (χ2v) is 4.78. The van der Waals surface area contributed by atoms with E-state index in [1.807, 2.05) is 30.7 Å². The van der Waals surface area contributed by atoms with E-state index in [4.69, 9.17) is 4.74 Å². The second kappa shape index (κ2) is 5.41. The van der Waals surface area contributed by atoms with Gasteiger partial charge in [-0.3, -0.25) is 0 Å². The molecule has 0 aliphatic heterocycles. The molecule has 0 fully saturated rings. The molecule has 20 heavy (non-hydrogen) atoms. The zero-order chi connectivity index (χ0) is 14.9. The molecule has 4 heteroatoms. The van der Waals surface area contributed by atoms with Gasteiger partial charge in [0.25, 0.3) is 0 Å². The molecule has 1 aromatic heterocycles. The van der Waals surface area contributed by atoms with Crippen LogP contribution in [-0.4, -0.2) is 22.8 Å². The third-order valence-electron chi connectivity index (χ3n) is 3.71. The van der Waals surface area contributed by atoms with Crippen molar-refractivity contribution in [2.75, 3.05) is 7.11 Å². The van der Waals surface area contributed by atoms with Crippen LogP contribution in [0.25, 0.3) is 11.3 Å². The first-order valence-corrected chi connectivity index (χ1v) is 6.56. The molecule has 106 valence electrons. The number of hydrogen-bond donors (Lipinski definition) is 1. The first-order valence-electron chi connectivity index (χ1n) is 6.56. The Labute approximate surface area is 118 Å². The zero-order valence-electron chi connectivity index (χ0n) is 12.2. The van der Waals surface area contributed by atoms with E-state index in [9.17, 15) is 9.90 Å². The Morgan fingerprint density at radius 3 is 2.55 bits per heavy atom. The van der Waals surface area contributed by atoms with Crippen molar-refractivity contribution in [2.45, 2.75) is 20.3 Å². The molecule has 0 amide bonds. The Morgan fingerprint density at radius 1 is 1.35 bits per heavy atom. The van der Waals surface area contributed by atoms with Crippen LogP contribution in [0.15, 0.2) is 24.3 Å². The Morgan fingerprint density at radius 2 is 2.05 bits per heavy atom. The van der Waals surface area contributed by atoms with Crippen LogP contribution in [0.4, 0.5) is 0 Å². The minimum Gasteiger partial charge on any atom is -0.496 e. The number of ether oxygens (including phenoxy) is 1. The van der Waals surface area contributed by atoms with Crippen LogP contribution in [0.3, 0.4) is 0 Å². The summed E-state index contributed by atoms with van der Waals surface area (Å²) < 4.78 is 7.29. The number of carboxylic acids is 1. The van der Waals surface area contributed by atoms with Crippen molar-refractivity contribution in [1.29, 1.82) is 0 Å². The fourth-order valence-electron chi connectivity index (χ4n) is 2.35. The monoisotopic (exact) mass is 273 g/mol.